The van der Waals surface area contributed by atoms with Crippen molar-refractivity contribution in [1.29, 1.82) is 0 Å². The molecule has 0 aromatic heterocycles. The van der Waals surface area contributed by atoms with E-state index < -0.39 is 0 Å². The van der Waals surface area contributed by atoms with Gasteiger partial charge in [0.25, 0.3) is 0 Å². The standard InChI is InChI=1S/C17H27ClN2/c1-13(14-8-5-6-9-15(14)18)20-11-7-10-19-16(12-20)17(2,3)4/h5-6,8-9,13,16,19H,7,10-12H2,1-4H3. The van der Waals surface area contributed by atoms with Gasteiger partial charge in [-0.15, -0.1) is 0 Å². The molecule has 1 saturated heterocycles. The van der Waals surface area contributed by atoms with Crippen molar-refractivity contribution in [3.05, 3.63) is 34.9 Å². The number of nitrogens with one attached hydrogen (secondary N) is 1. The molecular formula is C17H27ClN2. The summed E-state index contributed by atoms with van der Waals surface area (Å²) < 4.78 is 0. The van der Waals surface area contributed by atoms with E-state index >= 15 is 0 Å². The highest BCUT2D eigenvalue weighted by atomic mass is 35.5. The molecule has 2 atom stereocenters. The summed E-state index contributed by atoms with van der Waals surface area (Å²) in [6, 6.07) is 9.11. The summed E-state index contributed by atoms with van der Waals surface area (Å²) in [5, 5.41) is 4.58. The quantitative estimate of drug-likeness (QED) is 0.883. The molecule has 2 rings (SSSR count). The molecule has 0 amide bonds. The van der Waals surface area contributed by atoms with Crippen molar-refractivity contribution in [1.82, 2.24) is 10.2 Å². The topological polar surface area (TPSA) is 15.3 Å². The molecule has 0 bridgehead atoms. The van der Waals surface area contributed by atoms with Crippen LogP contribution >= 0.6 is 11.6 Å². The minimum absolute atomic E-state index is 0.281. The first-order valence-corrected chi connectivity index (χ1v) is 7.99. The Balaban J connectivity index is 2.16. The lowest BCUT2D eigenvalue weighted by molar-refractivity contribution is 0.162. The zero-order chi connectivity index (χ0) is 14.8. The minimum atomic E-state index is 0.281. The predicted octanol–water partition coefficient (Wildman–Crippen LogP) is 4.11. The molecule has 0 spiro atoms. The molecule has 1 aliphatic rings. The maximum atomic E-state index is 6.36. The number of rotatable bonds is 2. The van der Waals surface area contributed by atoms with Crippen LogP contribution in [0.1, 0.15) is 45.7 Å². The molecule has 0 saturated carbocycles. The van der Waals surface area contributed by atoms with Gasteiger partial charge in [-0.25, -0.2) is 0 Å². The second-order valence-corrected chi connectivity index (χ2v) is 7.33. The summed E-state index contributed by atoms with van der Waals surface area (Å²) in [4.78, 5) is 2.57. The SMILES string of the molecule is CC(c1ccccc1Cl)N1CCCNC(C(C)(C)C)C1. The van der Waals surface area contributed by atoms with Gasteiger partial charge in [-0.2, -0.15) is 0 Å². The fourth-order valence-corrected chi connectivity index (χ4v) is 3.18. The summed E-state index contributed by atoms with van der Waals surface area (Å²) in [6.45, 7) is 12.5. The van der Waals surface area contributed by atoms with Crippen LogP contribution in [0, 0.1) is 5.41 Å². The molecule has 1 N–H and O–H groups in total. The third-order valence-corrected chi connectivity index (χ3v) is 4.72. The first-order chi connectivity index (χ1) is 9.39. The highest BCUT2D eigenvalue weighted by molar-refractivity contribution is 6.31. The van der Waals surface area contributed by atoms with Crippen LogP contribution in [0.25, 0.3) is 0 Å². The smallest absolute Gasteiger partial charge is 0.0453 e. The van der Waals surface area contributed by atoms with Crippen LogP contribution in [-0.4, -0.2) is 30.6 Å². The largest absolute Gasteiger partial charge is 0.312 e. The van der Waals surface area contributed by atoms with Crippen molar-refractivity contribution in [3.63, 3.8) is 0 Å². The van der Waals surface area contributed by atoms with E-state index in [1.54, 1.807) is 0 Å². The normalized spacial score (nSPS) is 23.4. The Morgan fingerprint density at radius 3 is 2.65 bits per heavy atom. The van der Waals surface area contributed by atoms with Gasteiger partial charge in [0.1, 0.15) is 0 Å². The fourth-order valence-electron chi connectivity index (χ4n) is 2.89. The first kappa shape index (κ1) is 15.8. The van der Waals surface area contributed by atoms with Crippen molar-refractivity contribution < 1.29 is 0 Å². The molecule has 20 heavy (non-hydrogen) atoms. The van der Waals surface area contributed by atoms with Crippen LogP contribution in [0.4, 0.5) is 0 Å². The number of nitrogens with zero attached hydrogens (tertiary/aromatic N) is 1. The van der Waals surface area contributed by atoms with Gasteiger partial charge in [-0.1, -0.05) is 50.6 Å². The van der Waals surface area contributed by atoms with Gasteiger partial charge in [0.15, 0.2) is 0 Å². The molecular weight excluding hydrogens is 268 g/mol. The van der Waals surface area contributed by atoms with Gasteiger partial charge in [0, 0.05) is 30.2 Å². The van der Waals surface area contributed by atoms with Gasteiger partial charge in [0.2, 0.25) is 0 Å². The van der Waals surface area contributed by atoms with E-state index in [4.69, 9.17) is 11.6 Å². The zero-order valence-electron chi connectivity index (χ0n) is 13.1. The third kappa shape index (κ3) is 3.75. The Kier molecular flexibility index (Phi) is 5.11. The van der Waals surface area contributed by atoms with E-state index in [9.17, 15) is 0 Å². The van der Waals surface area contributed by atoms with E-state index in [1.807, 2.05) is 12.1 Å². The van der Waals surface area contributed by atoms with E-state index in [2.05, 4.69) is 50.0 Å². The molecule has 1 aromatic rings. The van der Waals surface area contributed by atoms with E-state index in [-0.39, 0.29) is 5.41 Å². The Morgan fingerprint density at radius 1 is 1.30 bits per heavy atom. The summed E-state index contributed by atoms with van der Waals surface area (Å²) in [6.07, 6.45) is 1.20. The van der Waals surface area contributed by atoms with Gasteiger partial charge >= 0.3 is 0 Å². The average Bonchev–Trinajstić information content (AvgIpc) is 2.64. The Labute approximate surface area is 128 Å². The Hall–Kier alpha value is -0.570. The maximum Gasteiger partial charge on any atom is 0.0453 e. The lowest BCUT2D eigenvalue weighted by atomic mass is 9.86. The zero-order valence-corrected chi connectivity index (χ0v) is 13.9. The van der Waals surface area contributed by atoms with E-state index in [0.717, 1.165) is 24.7 Å². The van der Waals surface area contributed by atoms with Crippen LogP contribution < -0.4 is 5.32 Å². The summed E-state index contributed by atoms with van der Waals surface area (Å²) in [5.41, 5.74) is 1.52. The van der Waals surface area contributed by atoms with Gasteiger partial charge < -0.3 is 5.32 Å². The number of benzene rings is 1. The minimum Gasteiger partial charge on any atom is -0.312 e. The van der Waals surface area contributed by atoms with Crippen molar-refractivity contribution in [2.24, 2.45) is 5.41 Å². The monoisotopic (exact) mass is 294 g/mol. The van der Waals surface area contributed by atoms with Crippen LogP contribution in [0.15, 0.2) is 24.3 Å². The molecule has 3 heteroatoms. The lowest BCUT2D eigenvalue weighted by Crippen LogP contribution is -2.46. The molecule has 1 aromatic carbocycles. The second kappa shape index (κ2) is 6.46. The lowest BCUT2D eigenvalue weighted by Gasteiger charge is -2.36. The molecule has 0 radical (unpaired) electrons. The molecule has 1 fully saturated rings. The van der Waals surface area contributed by atoms with Crippen molar-refractivity contribution in [3.8, 4) is 0 Å². The van der Waals surface area contributed by atoms with Gasteiger partial charge in [-0.05, 0) is 36.9 Å². The molecule has 2 nitrogen and oxygen atoms in total. The van der Waals surface area contributed by atoms with Crippen LogP contribution in [0.3, 0.4) is 0 Å². The summed E-state index contributed by atoms with van der Waals surface area (Å²) >= 11 is 6.36. The van der Waals surface area contributed by atoms with Crippen LogP contribution in [0.2, 0.25) is 5.02 Å². The second-order valence-electron chi connectivity index (χ2n) is 6.92. The molecule has 2 unspecified atom stereocenters. The third-order valence-electron chi connectivity index (χ3n) is 4.38. The van der Waals surface area contributed by atoms with Gasteiger partial charge in [-0.3, -0.25) is 4.90 Å². The summed E-state index contributed by atoms with van der Waals surface area (Å²) in [5.74, 6) is 0. The molecule has 1 heterocycles. The first-order valence-electron chi connectivity index (χ1n) is 7.61. The Bertz CT molecular complexity index is 439. The number of halogens is 1. The molecule has 112 valence electrons. The predicted molar refractivity (Wildman–Crippen MR) is 87.3 cm³/mol. The van der Waals surface area contributed by atoms with Gasteiger partial charge in [0.05, 0.1) is 0 Å². The fraction of sp³-hybridized carbons (Fsp3) is 0.647. The highest BCUT2D eigenvalue weighted by Gasteiger charge is 2.30. The molecule has 0 aliphatic carbocycles. The van der Waals surface area contributed by atoms with Crippen LogP contribution in [0.5, 0.6) is 0 Å². The number of hydrogen-bond acceptors (Lipinski definition) is 2. The average molecular weight is 295 g/mol. The Morgan fingerprint density at radius 2 is 2.00 bits per heavy atom. The van der Waals surface area contributed by atoms with Crippen LogP contribution in [-0.2, 0) is 0 Å². The maximum absolute atomic E-state index is 6.36. The van der Waals surface area contributed by atoms with Crippen molar-refractivity contribution >= 4 is 11.6 Å². The highest BCUT2D eigenvalue weighted by Crippen LogP contribution is 2.30. The molecule has 1 aliphatic heterocycles. The van der Waals surface area contributed by atoms with Crippen molar-refractivity contribution in [2.75, 3.05) is 19.6 Å². The summed E-state index contributed by atoms with van der Waals surface area (Å²) in [7, 11) is 0. The van der Waals surface area contributed by atoms with Crippen molar-refractivity contribution in [2.45, 2.75) is 46.2 Å². The van der Waals surface area contributed by atoms with E-state index in [1.165, 1.54) is 12.0 Å². The number of hydrogen-bond donors (Lipinski definition) is 1. The van der Waals surface area contributed by atoms with E-state index in [0.29, 0.717) is 12.1 Å².